The minimum atomic E-state index is -0.351. The monoisotopic (exact) mass is 261 g/mol. The summed E-state index contributed by atoms with van der Waals surface area (Å²) in [5, 5.41) is 14.8. The molecular formula is C13H12FN3S. The predicted molar refractivity (Wildman–Crippen MR) is 68.5 cm³/mol. The summed E-state index contributed by atoms with van der Waals surface area (Å²) in [5.41, 5.74) is 1.86. The second-order valence-corrected chi connectivity index (χ2v) is 4.94. The molecule has 1 N–H and O–H groups in total. The van der Waals surface area contributed by atoms with Crippen molar-refractivity contribution >= 4 is 11.3 Å². The van der Waals surface area contributed by atoms with Gasteiger partial charge in [0.05, 0.1) is 22.3 Å². The van der Waals surface area contributed by atoms with E-state index in [0.717, 1.165) is 10.7 Å². The standard InChI is InChI=1S/C13H12FN3S/c1-9-17-12(8-18-9)7-16-6-11-3-2-10(5-15)4-13(11)14/h2-4,8,16H,6-7H2,1H3. The molecule has 0 bridgehead atoms. The van der Waals surface area contributed by atoms with Crippen LogP contribution in [0.2, 0.25) is 0 Å². The van der Waals surface area contributed by atoms with Crippen molar-refractivity contribution in [2.24, 2.45) is 0 Å². The summed E-state index contributed by atoms with van der Waals surface area (Å²) in [7, 11) is 0. The molecule has 0 spiro atoms. The molecule has 2 rings (SSSR count). The molecule has 0 aliphatic carbocycles. The molecule has 0 aliphatic heterocycles. The second kappa shape index (κ2) is 5.71. The van der Waals surface area contributed by atoms with Crippen LogP contribution in [0.1, 0.15) is 21.8 Å². The van der Waals surface area contributed by atoms with E-state index in [0.29, 0.717) is 24.2 Å². The number of nitriles is 1. The molecule has 0 amide bonds. The van der Waals surface area contributed by atoms with E-state index in [4.69, 9.17) is 5.26 Å². The summed E-state index contributed by atoms with van der Waals surface area (Å²) >= 11 is 1.60. The number of aromatic nitrogens is 1. The Labute approximate surface area is 109 Å². The van der Waals surface area contributed by atoms with Crippen molar-refractivity contribution < 1.29 is 4.39 Å². The second-order valence-electron chi connectivity index (χ2n) is 3.88. The molecule has 1 aromatic heterocycles. The SMILES string of the molecule is Cc1nc(CNCc2ccc(C#N)cc2F)cs1. The van der Waals surface area contributed by atoms with Crippen LogP contribution in [0.25, 0.3) is 0 Å². The fraction of sp³-hybridized carbons (Fsp3) is 0.231. The fourth-order valence-electron chi connectivity index (χ4n) is 1.57. The lowest BCUT2D eigenvalue weighted by atomic mass is 10.1. The highest BCUT2D eigenvalue weighted by Crippen LogP contribution is 2.11. The van der Waals surface area contributed by atoms with Crippen LogP contribution in [-0.2, 0) is 13.1 Å². The Hall–Kier alpha value is -1.77. The van der Waals surface area contributed by atoms with Crippen LogP contribution >= 0.6 is 11.3 Å². The van der Waals surface area contributed by atoms with E-state index in [1.165, 1.54) is 6.07 Å². The summed E-state index contributed by atoms with van der Waals surface area (Å²) in [6.45, 7) is 2.99. The van der Waals surface area contributed by atoms with Crippen molar-refractivity contribution in [2.45, 2.75) is 20.0 Å². The van der Waals surface area contributed by atoms with Gasteiger partial charge in [0, 0.05) is 24.0 Å². The molecule has 0 atom stereocenters. The van der Waals surface area contributed by atoms with Crippen molar-refractivity contribution in [3.8, 4) is 6.07 Å². The summed E-state index contributed by atoms with van der Waals surface area (Å²) in [6, 6.07) is 6.41. The number of benzene rings is 1. The van der Waals surface area contributed by atoms with Crippen LogP contribution in [0.15, 0.2) is 23.6 Å². The predicted octanol–water partition coefficient (Wildman–Crippen LogP) is 2.75. The molecule has 18 heavy (non-hydrogen) atoms. The minimum Gasteiger partial charge on any atom is -0.307 e. The highest BCUT2D eigenvalue weighted by Gasteiger charge is 2.04. The Kier molecular flexibility index (Phi) is 4.03. The first-order chi connectivity index (χ1) is 8.69. The number of hydrogen-bond donors (Lipinski definition) is 1. The maximum absolute atomic E-state index is 13.6. The number of halogens is 1. The molecule has 2 aromatic rings. The van der Waals surface area contributed by atoms with Gasteiger partial charge in [0.1, 0.15) is 5.82 Å². The van der Waals surface area contributed by atoms with Gasteiger partial charge in [-0.05, 0) is 19.1 Å². The Morgan fingerprint density at radius 1 is 1.44 bits per heavy atom. The number of nitrogens with one attached hydrogen (secondary N) is 1. The van der Waals surface area contributed by atoms with E-state index in [2.05, 4.69) is 10.3 Å². The van der Waals surface area contributed by atoms with Gasteiger partial charge >= 0.3 is 0 Å². The van der Waals surface area contributed by atoms with E-state index >= 15 is 0 Å². The summed E-state index contributed by atoms with van der Waals surface area (Å²) in [5.74, 6) is -0.351. The Morgan fingerprint density at radius 3 is 2.89 bits per heavy atom. The topological polar surface area (TPSA) is 48.7 Å². The number of rotatable bonds is 4. The van der Waals surface area contributed by atoms with Gasteiger partial charge in [0.25, 0.3) is 0 Å². The molecule has 0 saturated carbocycles. The first-order valence-corrected chi connectivity index (χ1v) is 6.37. The van der Waals surface area contributed by atoms with Gasteiger partial charge < -0.3 is 5.32 Å². The lowest BCUT2D eigenvalue weighted by molar-refractivity contribution is 0.586. The average molecular weight is 261 g/mol. The lowest BCUT2D eigenvalue weighted by Crippen LogP contribution is -2.14. The van der Waals surface area contributed by atoms with Gasteiger partial charge in [0.15, 0.2) is 0 Å². The van der Waals surface area contributed by atoms with Crippen LogP contribution in [-0.4, -0.2) is 4.98 Å². The van der Waals surface area contributed by atoms with Crippen molar-refractivity contribution in [3.05, 3.63) is 51.2 Å². The largest absolute Gasteiger partial charge is 0.307 e. The molecule has 0 unspecified atom stereocenters. The van der Waals surface area contributed by atoms with E-state index in [1.54, 1.807) is 23.5 Å². The van der Waals surface area contributed by atoms with Crippen LogP contribution < -0.4 is 5.32 Å². The molecule has 1 heterocycles. The molecule has 1 aromatic carbocycles. The van der Waals surface area contributed by atoms with E-state index in [1.807, 2.05) is 18.4 Å². The number of nitrogens with zero attached hydrogens (tertiary/aromatic N) is 2. The molecular weight excluding hydrogens is 249 g/mol. The molecule has 3 nitrogen and oxygen atoms in total. The van der Waals surface area contributed by atoms with Crippen LogP contribution in [0.4, 0.5) is 4.39 Å². The third-order valence-electron chi connectivity index (χ3n) is 2.47. The van der Waals surface area contributed by atoms with Crippen molar-refractivity contribution in [1.82, 2.24) is 10.3 Å². The fourth-order valence-corrected chi connectivity index (χ4v) is 2.19. The summed E-state index contributed by atoms with van der Waals surface area (Å²) in [6.07, 6.45) is 0. The molecule has 0 radical (unpaired) electrons. The normalized spacial score (nSPS) is 10.3. The van der Waals surface area contributed by atoms with E-state index in [9.17, 15) is 4.39 Å². The highest BCUT2D eigenvalue weighted by molar-refractivity contribution is 7.09. The van der Waals surface area contributed by atoms with Crippen LogP contribution in [0.3, 0.4) is 0 Å². The van der Waals surface area contributed by atoms with Crippen molar-refractivity contribution in [3.63, 3.8) is 0 Å². The Bertz CT molecular complexity index is 586. The van der Waals surface area contributed by atoms with Crippen molar-refractivity contribution in [1.29, 1.82) is 5.26 Å². The summed E-state index contributed by atoms with van der Waals surface area (Å²) in [4.78, 5) is 4.31. The molecule has 92 valence electrons. The van der Waals surface area contributed by atoms with Crippen LogP contribution in [0, 0.1) is 24.1 Å². The zero-order chi connectivity index (χ0) is 13.0. The first-order valence-electron chi connectivity index (χ1n) is 5.49. The molecule has 0 fully saturated rings. The van der Waals surface area contributed by atoms with Gasteiger partial charge in [-0.2, -0.15) is 5.26 Å². The lowest BCUT2D eigenvalue weighted by Gasteiger charge is -2.04. The molecule has 0 saturated heterocycles. The third kappa shape index (κ3) is 3.13. The Balaban J connectivity index is 1.92. The van der Waals surface area contributed by atoms with Crippen LogP contribution in [0.5, 0.6) is 0 Å². The molecule has 5 heteroatoms. The third-order valence-corrected chi connectivity index (χ3v) is 3.29. The molecule has 0 aliphatic rings. The maximum Gasteiger partial charge on any atom is 0.129 e. The van der Waals surface area contributed by atoms with Gasteiger partial charge in [-0.15, -0.1) is 11.3 Å². The van der Waals surface area contributed by atoms with E-state index < -0.39 is 0 Å². The van der Waals surface area contributed by atoms with Gasteiger partial charge in [-0.1, -0.05) is 6.07 Å². The average Bonchev–Trinajstić information content (AvgIpc) is 2.77. The van der Waals surface area contributed by atoms with Crippen molar-refractivity contribution in [2.75, 3.05) is 0 Å². The Morgan fingerprint density at radius 2 is 2.28 bits per heavy atom. The number of thiazole rings is 1. The number of hydrogen-bond acceptors (Lipinski definition) is 4. The van der Waals surface area contributed by atoms with Gasteiger partial charge in [-0.25, -0.2) is 9.37 Å². The zero-order valence-corrected chi connectivity index (χ0v) is 10.7. The quantitative estimate of drug-likeness (QED) is 0.920. The number of aryl methyl sites for hydroxylation is 1. The highest BCUT2D eigenvalue weighted by atomic mass is 32.1. The minimum absolute atomic E-state index is 0.339. The van der Waals surface area contributed by atoms with Gasteiger partial charge in [-0.3, -0.25) is 0 Å². The summed E-state index contributed by atoms with van der Waals surface area (Å²) < 4.78 is 13.6. The zero-order valence-electron chi connectivity index (χ0n) is 9.90. The maximum atomic E-state index is 13.6. The van der Waals surface area contributed by atoms with E-state index in [-0.39, 0.29) is 5.82 Å². The first kappa shape index (κ1) is 12.7. The smallest absolute Gasteiger partial charge is 0.129 e. The van der Waals surface area contributed by atoms with Gasteiger partial charge in [0.2, 0.25) is 0 Å².